The summed E-state index contributed by atoms with van der Waals surface area (Å²) in [5, 5.41) is 9.26. The van der Waals surface area contributed by atoms with E-state index < -0.39 is 0 Å². The smallest absolute Gasteiger partial charge is 0.180 e. The number of halogens is 1. The third-order valence-electron chi connectivity index (χ3n) is 2.85. The highest BCUT2D eigenvalue weighted by Gasteiger charge is 2.12. The van der Waals surface area contributed by atoms with Gasteiger partial charge in [-0.1, -0.05) is 11.6 Å². The van der Waals surface area contributed by atoms with Gasteiger partial charge >= 0.3 is 0 Å². The van der Waals surface area contributed by atoms with Crippen LogP contribution in [0.3, 0.4) is 0 Å². The second-order valence-electron chi connectivity index (χ2n) is 4.26. The number of hydrogen-bond acceptors (Lipinski definition) is 5. The van der Waals surface area contributed by atoms with E-state index in [0.29, 0.717) is 28.8 Å². The summed E-state index contributed by atoms with van der Waals surface area (Å²) < 4.78 is 11.0. The van der Waals surface area contributed by atoms with Crippen molar-refractivity contribution < 1.29 is 9.47 Å². The zero-order valence-electron chi connectivity index (χ0n) is 11.5. The maximum Gasteiger partial charge on any atom is 0.180 e. The molecule has 0 fully saturated rings. The van der Waals surface area contributed by atoms with Crippen LogP contribution in [0.2, 0.25) is 5.02 Å². The van der Waals surface area contributed by atoms with Crippen molar-refractivity contribution in [2.24, 2.45) is 5.73 Å². The number of nitrogens with zero attached hydrogens (tertiary/aromatic N) is 2. The van der Waals surface area contributed by atoms with Crippen LogP contribution in [0.15, 0.2) is 30.5 Å². The lowest BCUT2D eigenvalue weighted by molar-refractivity contribution is 0.284. The van der Waals surface area contributed by atoms with Gasteiger partial charge in [0, 0.05) is 12.7 Å². The highest BCUT2D eigenvalue weighted by atomic mass is 35.5. The normalized spacial score (nSPS) is 10.0. The molecule has 0 aliphatic heterocycles. The Labute approximate surface area is 127 Å². The Balaban J connectivity index is 2.21. The monoisotopic (exact) mass is 303 g/mol. The standard InChI is InChI=1S/C15H14ClN3O2/c1-20-14-6-11(7-17)5-13(16)15(14)21-9-10-2-3-19-12(4-10)8-18/h2-6H,7,9,17H2,1H3. The van der Waals surface area contributed by atoms with Gasteiger partial charge in [0.25, 0.3) is 0 Å². The quantitative estimate of drug-likeness (QED) is 0.918. The lowest BCUT2D eigenvalue weighted by Crippen LogP contribution is -2.02. The molecule has 0 radical (unpaired) electrons. The first-order valence-electron chi connectivity index (χ1n) is 6.22. The third-order valence-corrected chi connectivity index (χ3v) is 3.13. The molecule has 2 N–H and O–H groups in total. The van der Waals surface area contributed by atoms with E-state index in [1.165, 1.54) is 0 Å². The van der Waals surface area contributed by atoms with Gasteiger partial charge in [0.05, 0.1) is 12.1 Å². The molecular weight excluding hydrogens is 290 g/mol. The Morgan fingerprint density at radius 1 is 1.33 bits per heavy atom. The summed E-state index contributed by atoms with van der Waals surface area (Å²) in [6.07, 6.45) is 1.56. The lowest BCUT2D eigenvalue weighted by Gasteiger charge is -2.14. The summed E-state index contributed by atoms with van der Waals surface area (Å²) in [5.41, 5.74) is 7.62. The van der Waals surface area contributed by atoms with Crippen LogP contribution in [-0.4, -0.2) is 12.1 Å². The summed E-state index contributed by atoms with van der Waals surface area (Å²) in [5.74, 6) is 0.976. The molecule has 21 heavy (non-hydrogen) atoms. The average Bonchev–Trinajstić information content (AvgIpc) is 2.53. The minimum Gasteiger partial charge on any atom is -0.493 e. The molecule has 0 atom stereocenters. The number of nitrogens with two attached hydrogens (primary N) is 1. The summed E-state index contributed by atoms with van der Waals surface area (Å²) in [6.45, 7) is 0.626. The van der Waals surface area contributed by atoms with Gasteiger partial charge in [0.1, 0.15) is 18.4 Å². The summed E-state index contributed by atoms with van der Waals surface area (Å²) in [7, 11) is 1.54. The third kappa shape index (κ3) is 3.63. The number of pyridine rings is 1. The van der Waals surface area contributed by atoms with Crippen molar-refractivity contribution in [1.29, 1.82) is 5.26 Å². The molecule has 0 saturated carbocycles. The fraction of sp³-hybridized carbons (Fsp3) is 0.200. The molecule has 0 unspecified atom stereocenters. The summed E-state index contributed by atoms with van der Waals surface area (Å²) in [6, 6.07) is 8.95. The van der Waals surface area contributed by atoms with Crippen LogP contribution in [0.4, 0.5) is 0 Å². The van der Waals surface area contributed by atoms with Crippen LogP contribution in [-0.2, 0) is 13.2 Å². The largest absolute Gasteiger partial charge is 0.493 e. The molecule has 0 saturated heterocycles. The molecule has 1 aromatic carbocycles. The van der Waals surface area contributed by atoms with E-state index in [0.717, 1.165) is 11.1 Å². The van der Waals surface area contributed by atoms with Gasteiger partial charge in [-0.3, -0.25) is 0 Å². The molecule has 0 aliphatic carbocycles. The van der Waals surface area contributed by atoms with Gasteiger partial charge in [-0.25, -0.2) is 4.98 Å². The minimum atomic E-state index is 0.259. The first kappa shape index (κ1) is 15.1. The van der Waals surface area contributed by atoms with E-state index in [-0.39, 0.29) is 6.61 Å². The number of aromatic nitrogens is 1. The van der Waals surface area contributed by atoms with Crippen molar-refractivity contribution in [3.05, 3.63) is 52.3 Å². The molecular formula is C15H14ClN3O2. The molecule has 6 heteroatoms. The average molecular weight is 304 g/mol. The SMILES string of the molecule is COc1cc(CN)cc(Cl)c1OCc1ccnc(C#N)c1. The fourth-order valence-electron chi connectivity index (χ4n) is 1.81. The maximum atomic E-state index is 8.82. The van der Waals surface area contributed by atoms with E-state index >= 15 is 0 Å². The number of nitriles is 1. The molecule has 2 rings (SSSR count). The summed E-state index contributed by atoms with van der Waals surface area (Å²) in [4.78, 5) is 3.91. The van der Waals surface area contributed by atoms with Crippen molar-refractivity contribution in [1.82, 2.24) is 4.98 Å². The molecule has 1 heterocycles. The highest BCUT2D eigenvalue weighted by molar-refractivity contribution is 6.32. The van der Waals surface area contributed by atoms with E-state index in [9.17, 15) is 0 Å². The van der Waals surface area contributed by atoms with E-state index in [1.54, 1.807) is 37.6 Å². The Hall–Kier alpha value is -2.29. The van der Waals surface area contributed by atoms with Crippen molar-refractivity contribution in [2.45, 2.75) is 13.2 Å². The number of benzene rings is 1. The number of hydrogen-bond donors (Lipinski definition) is 1. The van der Waals surface area contributed by atoms with E-state index in [1.807, 2.05) is 6.07 Å². The Kier molecular flexibility index (Phi) is 4.99. The number of rotatable bonds is 5. The molecule has 1 aromatic heterocycles. The van der Waals surface area contributed by atoms with Crippen LogP contribution in [0, 0.1) is 11.3 Å². The van der Waals surface area contributed by atoms with E-state index in [2.05, 4.69) is 4.98 Å². The second kappa shape index (κ2) is 6.93. The number of methoxy groups -OCH3 is 1. The van der Waals surface area contributed by atoms with Crippen molar-refractivity contribution >= 4 is 11.6 Å². The van der Waals surface area contributed by atoms with E-state index in [4.69, 9.17) is 32.1 Å². The lowest BCUT2D eigenvalue weighted by atomic mass is 10.2. The predicted molar refractivity (Wildman–Crippen MR) is 79.2 cm³/mol. The van der Waals surface area contributed by atoms with Crippen LogP contribution >= 0.6 is 11.6 Å². The van der Waals surface area contributed by atoms with Gasteiger partial charge < -0.3 is 15.2 Å². The summed E-state index contributed by atoms with van der Waals surface area (Å²) >= 11 is 6.19. The second-order valence-corrected chi connectivity index (χ2v) is 4.67. The number of ether oxygens (including phenoxy) is 2. The Morgan fingerprint density at radius 2 is 2.14 bits per heavy atom. The molecule has 2 aromatic rings. The molecule has 0 amide bonds. The van der Waals surface area contributed by atoms with Crippen LogP contribution in [0.25, 0.3) is 0 Å². The molecule has 0 bridgehead atoms. The topological polar surface area (TPSA) is 81.2 Å². The molecule has 0 aliphatic rings. The van der Waals surface area contributed by atoms with Crippen molar-refractivity contribution in [3.8, 4) is 17.6 Å². The zero-order valence-corrected chi connectivity index (χ0v) is 12.2. The van der Waals surface area contributed by atoms with Gasteiger partial charge in [0.15, 0.2) is 11.5 Å². The van der Waals surface area contributed by atoms with Crippen molar-refractivity contribution in [3.63, 3.8) is 0 Å². The Bertz CT molecular complexity index is 683. The predicted octanol–water partition coefficient (Wildman–Crippen LogP) is 2.65. The highest BCUT2D eigenvalue weighted by Crippen LogP contribution is 2.36. The van der Waals surface area contributed by atoms with Gasteiger partial charge in [0.2, 0.25) is 0 Å². The zero-order chi connectivity index (χ0) is 15.2. The molecule has 5 nitrogen and oxygen atoms in total. The Morgan fingerprint density at radius 3 is 2.81 bits per heavy atom. The minimum absolute atomic E-state index is 0.259. The van der Waals surface area contributed by atoms with Crippen LogP contribution in [0.1, 0.15) is 16.8 Å². The van der Waals surface area contributed by atoms with Gasteiger partial charge in [-0.05, 0) is 35.4 Å². The fourth-order valence-corrected chi connectivity index (χ4v) is 2.10. The first-order chi connectivity index (χ1) is 10.2. The van der Waals surface area contributed by atoms with Crippen LogP contribution in [0.5, 0.6) is 11.5 Å². The molecule has 108 valence electrons. The maximum absolute atomic E-state index is 8.82. The van der Waals surface area contributed by atoms with Crippen LogP contribution < -0.4 is 15.2 Å². The van der Waals surface area contributed by atoms with Crippen molar-refractivity contribution in [2.75, 3.05) is 7.11 Å². The van der Waals surface area contributed by atoms with Gasteiger partial charge in [-0.15, -0.1) is 0 Å². The first-order valence-corrected chi connectivity index (χ1v) is 6.60. The molecule has 0 spiro atoms. The van der Waals surface area contributed by atoms with Gasteiger partial charge in [-0.2, -0.15) is 5.26 Å².